The topological polar surface area (TPSA) is 32.3 Å². The number of nitrogens with zero attached hydrogens (tertiary/aromatic N) is 1. The summed E-state index contributed by atoms with van der Waals surface area (Å²) in [5, 5.41) is 3.14. The van der Waals surface area contributed by atoms with Crippen molar-refractivity contribution >= 4 is 5.91 Å². The Kier molecular flexibility index (Phi) is 8.06. The smallest absolute Gasteiger partial charge is 0.241 e. The summed E-state index contributed by atoms with van der Waals surface area (Å²) in [6, 6.07) is 9.75. The third kappa shape index (κ3) is 5.88. The first-order valence-electron chi connectivity index (χ1n) is 8.09. The van der Waals surface area contributed by atoms with Gasteiger partial charge in [-0.15, -0.1) is 0 Å². The van der Waals surface area contributed by atoms with Crippen molar-refractivity contribution in [2.75, 3.05) is 20.6 Å². The molecule has 21 heavy (non-hydrogen) atoms. The average Bonchev–Trinajstić information content (AvgIpc) is 2.48. The van der Waals surface area contributed by atoms with Crippen molar-refractivity contribution in [2.24, 2.45) is 5.92 Å². The highest BCUT2D eigenvalue weighted by Crippen LogP contribution is 2.18. The number of carbonyl (C=O) groups is 1. The number of amides is 1. The van der Waals surface area contributed by atoms with Crippen LogP contribution in [0.15, 0.2) is 30.3 Å². The molecule has 0 radical (unpaired) electrons. The van der Waals surface area contributed by atoms with Gasteiger partial charge < -0.3 is 5.32 Å². The standard InChI is InChI=1S/C18H30N2O/c1-5-7-11-15(6-2)14-19-18(21)17(20(3)4)16-12-9-8-10-13-16/h8-10,12-13,15,17H,5-7,11,14H2,1-4H3,(H,19,21)/t15-,17+/m0/s1. The molecule has 0 fully saturated rings. The Morgan fingerprint density at radius 1 is 1.19 bits per heavy atom. The van der Waals surface area contributed by atoms with Crippen molar-refractivity contribution in [1.82, 2.24) is 10.2 Å². The first-order valence-corrected chi connectivity index (χ1v) is 8.09. The molecule has 0 aliphatic carbocycles. The Balaban J connectivity index is 2.62. The van der Waals surface area contributed by atoms with Crippen molar-refractivity contribution in [2.45, 2.75) is 45.6 Å². The van der Waals surface area contributed by atoms with E-state index in [-0.39, 0.29) is 11.9 Å². The Bertz CT molecular complexity index is 403. The highest BCUT2D eigenvalue weighted by Gasteiger charge is 2.22. The Morgan fingerprint density at radius 3 is 2.38 bits per heavy atom. The van der Waals surface area contributed by atoms with E-state index >= 15 is 0 Å². The molecule has 1 aromatic carbocycles. The molecule has 0 spiro atoms. The molecular weight excluding hydrogens is 260 g/mol. The van der Waals surface area contributed by atoms with Gasteiger partial charge in [0, 0.05) is 6.54 Å². The third-order valence-electron chi connectivity index (χ3n) is 3.99. The molecule has 0 saturated carbocycles. The van der Waals surface area contributed by atoms with Crippen molar-refractivity contribution < 1.29 is 4.79 Å². The molecule has 3 heteroatoms. The van der Waals surface area contributed by atoms with Gasteiger partial charge in [-0.3, -0.25) is 9.69 Å². The van der Waals surface area contributed by atoms with Gasteiger partial charge in [0.1, 0.15) is 6.04 Å². The summed E-state index contributed by atoms with van der Waals surface area (Å²) in [5.41, 5.74) is 1.04. The van der Waals surface area contributed by atoms with Gasteiger partial charge in [-0.2, -0.15) is 0 Å². The van der Waals surface area contributed by atoms with E-state index in [1.165, 1.54) is 19.3 Å². The fourth-order valence-electron chi connectivity index (χ4n) is 2.60. The van der Waals surface area contributed by atoms with Gasteiger partial charge in [-0.25, -0.2) is 0 Å². The van der Waals surface area contributed by atoms with Gasteiger partial charge in [0.15, 0.2) is 0 Å². The van der Waals surface area contributed by atoms with Crippen molar-refractivity contribution in [3.8, 4) is 0 Å². The van der Waals surface area contributed by atoms with Gasteiger partial charge in [0.25, 0.3) is 0 Å². The van der Waals surface area contributed by atoms with Gasteiger partial charge in [0.05, 0.1) is 0 Å². The molecule has 0 saturated heterocycles. The molecule has 0 aromatic heterocycles. The maximum Gasteiger partial charge on any atom is 0.241 e. The average molecular weight is 290 g/mol. The first-order chi connectivity index (χ1) is 10.1. The summed E-state index contributed by atoms with van der Waals surface area (Å²) in [5.74, 6) is 0.689. The van der Waals surface area contributed by atoms with Crippen molar-refractivity contribution in [3.05, 3.63) is 35.9 Å². The number of benzene rings is 1. The van der Waals surface area contributed by atoms with E-state index in [4.69, 9.17) is 0 Å². The normalized spacial score (nSPS) is 14.0. The maximum absolute atomic E-state index is 12.5. The molecule has 0 aliphatic heterocycles. The number of carbonyl (C=O) groups excluding carboxylic acids is 1. The molecule has 1 N–H and O–H groups in total. The van der Waals surface area contributed by atoms with Crippen LogP contribution >= 0.6 is 0 Å². The van der Waals surface area contributed by atoms with Crippen LogP contribution in [-0.2, 0) is 4.79 Å². The number of rotatable bonds is 9. The van der Waals surface area contributed by atoms with Crippen LogP contribution in [0.3, 0.4) is 0 Å². The summed E-state index contributed by atoms with van der Waals surface area (Å²) in [4.78, 5) is 14.5. The minimum atomic E-state index is -0.213. The zero-order valence-corrected chi connectivity index (χ0v) is 13.9. The van der Waals surface area contributed by atoms with Crippen molar-refractivity contribution in [1.29, 1.82) is 0 Å². The highest BCUT2D eigenvalue weighted by atomic mass is 16.2. The summed E-state index contributed by atoms with van der Waals surface area (Å²) in [6.45, 7) is 5.20. The lowest BCUT2D eigenvalue weighted by Gasteiger charge is -2.25. The van der Waals surface area contributed by atoms with Crippen LogP contribution in [0.4, 0.5) is 0 Å². The van der Waals surface area contributed by atoms with Crippen LogP contribution in [-0.4, -0.2) is 31.4 Å². The molecule has 3 nitrogen and oxygen atoms in total. The molecule has 1 amide bonds. The maximum atomic E-state index is 12.5. The number of unbranched alkanes of at least 4 members (excludes halogenated alkanes) is 1. The monoisotopic (exact) mass is 290 g/mol. The number of hydrogen-bond donors (Lipinski definition) is 1. The summed E-state index contributed by atoms with van der Waals surface area (Å²) < 4.78 is 0. The van der Waals surface area contributed by atoms with E-state index in [1.54, 1.807) is 0 Å². The van der Waals surface area contributed by atoms with E-state index in [1.807, 2.05) is 49.3 Å². The molecule has 118 valence electrons. The molecule has 0 unspecified atom stereocenters. The lowest BCUT2D eigenvalue weighted by molar-refractivity contribution is -0.126. The minimum Gasteiger partial charge on any atom is -0.354 e. The number of likely N-dealkylation sites (N-methyl/N-ethyl adjacent to an activating group) is 1. The molecule has 1 aromatic rings. The molecule has 0 heterocycles. The fourth-order valence-corrected chi connectivity index (χ4v) is 2.60. The number of nitrogens with one attached hydrogen (secondary N) is 1. The number of hydrogen-bond acceptors (Lipinski definition) is 2. The highest BCUT2D eigenvalue weighted by molar-refractivity contribution is 5.83. The molecule has 1 rings (SSSR count). The van der Waals surface area contributed by atoms with Crippen LogP contribution in [0.25, 0.3) is 0 Å². The second-order valence-corrected chi connectivity index (χ2v) is 5.94. The molecule has 0 aliphatic rings. The summed E-state index contributed by atoms with van der Waals surface area (Å²) in [7, 11) is 3.90. The largest absolute Gasteiger partial charge is 0.354 e. The predicted molar refractivity (Wildman–Crippen MR) is 89.2 cm³/mol. The lowest BCUT2D eigenvalue weighted by Crippen LogP contribution is -2.39. The van der Waals surface area contributed by atoms with Crippen LogP contribution in [0.1, 0.15) is 51.1 Å². The van der Waals surface area contributed by atoms with Gasteiger partial charge >= 0.3 is 0 Å². The lowest BCUT2D eigenvalue weighted by atomic mass is 9.99. The predicted octanol–water partition coefficient (Wildman–Crippen LogP) is 3.62. The van der Waals surface area contributed by atoms with Gasteiger partial charge in [-0.05, 0) is 32.0 Å². The molecule has 2 atom stereocenters. The quantitative estimate of drug-likeness (QED) is 0.753. The third-order valence-corrected chi connectivity index (χ3v) is 3.99. The Morgan fingerprint density at radius 2 is 1.86 bits per heavy atom. The Hall–Kier alpha value is -1.35. The SMILES string of the molecule is CCCC[C@H](CC)CNC(=O)[C@@H](c1ccccc1)N(C)C. The fraction of sp³-hybridized carbons (Fsp3) is 0.611. The van der Waals surface area contributed by atoms with E-state index in [0.29, 0.717) is 5.92 Å². The summed E-state index contributed by atoms with van der Waals surface area (Å²) in [6.07, 6.45) is 4.78. The second-order valence-electron chi connectivity index (χ2n) is 5.94. The molecular formula is C18H30N2O. The van der Waals surface area contributed by atoms with E-state index in [0.717, 1.165) is 18.5 Å². The van der Waals surface area contributed by atoms with Crippen LogP contribution in [0, 0.1) is 5.92 Å². The van der Waals surface area contributed by atoms with Crippen molar-refractivity contribution in [3.63, 3.8) is 0 Å². The zero-order valence-electron chi connectivity index (χ0n) is 13.9. The van der Waals surface area contributed by atoms with Crippen LogP contribution in [0.5, 0.6) is 0 Å². The van der Waals surface area contributed by atoms with Crippen LogP contribution < -0.4 is 5.32 Å². The van der Waals surface area contributed by atoms with Gasteiger partial charge in [-0.1, -0.05) is 63.4 Å². The minimum absolute atomic E-state index is 0.0983. The van der Waals surface area contributed by atoms with E-state index in [2.05, 4.69) is 19.2 Å². The zero-order chi connectivity index (χ0) is 15.7. The van der Waals surface area contributed by atoms with E-state index in [9.17, 15) is 4.79 Å². The van der Waals surface area contributed by atoms with E-state index < -0.39 is 0 Å². The first kappa shape index (κ1) is 17.7. The molecule has 0 bridgehead atoms. The second kappa shape index (κ2) is 9.56. The van der Waals surface area contributed by atoms with Crippen LogP contribution in [0.2, 0.25) is 0 Å². The summed E-state index contributed by atoms with van der Waals surface area (Å²) >= 11 is 0. The van der Waals surface area contributed by atoms with Gasteiger partial charge in [0.2, 0.25) is 5.91 Å². The Labute approximate surface area is 129 Å².